The van der Waals surface area contributed by atoms with E-state index in [4.69, 9.17) is 9.47 Å². The topological polar surface area (TPSA) is 60.5 Å². The summed E-state index contributed by atoms with van der Waals surface area (Å²) in [7, 11) is 0. The third kappa shape index (κ3) is 3.36. The summed E-state index contributed by atoms with van der Waals surface area (Å²) in [6.45, 7) is 2.20. The number of pyridine rings is 1. The second-order valence-corrected chi connectivity index (χ2v) is 5.23. The first-order valence-corrected chi connectivity index (χ1v) is 7.31. The third-order valence-corrected chi connectivity index (χ3v) is 3.59. The van der Waals surface area contributed by atoms with Gasteiger partial charge in [-0.25, -0.2) is 0 Å². The van der Waals surface area contributed by atoms with Gasteiger partial charge >= 0.3 is 0 Å². The molecular formula is C17H18N2O3. The molecule has 5 heteroatoms. The average Bonchev–Trinajstić information content (AvgIpc) is 3.01. The van der Waals surface area contributed by atoms with E-state index in [2.05, 4.69) is 10.3 Å². The Morgan fingerprint density at radius 1 is 1.27 bits per heavy atom. The number of carbonyl (C=O) groups excluding carboxylic acids is 1. The predicted molar refractivity (Wildman–Crippen MR) is 81.7 cm³/mol. The number of carbonyl (C=O) groups is 1. The van der Waals surface area contributed by atoms with Crippen molar-refractivity contribution in [2.75, 3.05) is 6.79 Å². The van der Waals surface area contributed by atoms with Gasteiger partial charge in [-0.05, 0) is 43.2 Å². The largest absolute Gasteiger partial charge is 0.454 e. The van der Waals surface area contributed by atoms with Gasteiger partial charge in [0.25, 0.3) is 0 Å². The average molecular weight is 298 g/mol. The molecule has 1 N–H and O–H groups in total. The fourth-order valence-corrected chi connectivity index (χ4v) is 2.37. The van der Waals surface area contributed by atoms with E-state index in [1.54, 1.807) is 6.20 Å². The molecule has 1 aliphatic heterocycles. The van der Waals surface area contributed by atoms with Crippen LogP contribution in [0.2, 0.25) is 0 Å². The molecule has 1 atom stereocenters. The summed E-state index contributed by atoms with van der Waals surface area (Å²) in [5, 5.41) is 2.96. The highest BCUT2D eigenvalue weighted by Crippen LogP contribution is 2.32. The molecule has 22 heavy (non-hydrogen) atoms. The van der Waals surface area contributed by atoms with Gasteiger partial charge in [-0.2, -0.15) is 0 Å². The van der Waals surface area contributed by atoms with Gasteiger partial charge in [-0.15, -0.1) is 0 Å². The summed E-state index contributed by atoms with van der Waals surface area (Å²) in [5.74, 6) is 1.52. The summed E-state index contributed by atoms with van der Waals surface area (Å²) in [6.07, 6.45) is 2.82. The predicted octanol–water partition coefficient (Wildman–Crippen LogP) is 2.62. The second kappa shape index (κ2) is 6.47. The van der Waals surface area contributed by atoms with E-state index in [9.17, 15) is 4.79 Å². The van der Waals surface area contributed by atoms with Crippen molar-refractivity contribution in [2.45, 2.75) is 25.8 Å². The van der Waals surface area contributed by atoms with Crippen LogP contribution in [0.5, 0.6) is 11.5 Å². The number of fused-ring (bicyclic) bond motifs is 1. The molecule has 0 saturated heterocycles. The van der Waals surface area contributed by atoms with Gasteiger partial charge in [-0.3, -0.25) is 9.78 Å². The van der Waals surface area contributed by atoms with Gasteiger partial charge < -0.3 is 14.8 Å². The maximum absolute atomic E-state index is 12.0. The van der Waals surface area contributed by atoms with E-state index in [1.807, 2.05) is 43.3 Å². The Morgan fingerprint density at radius 3 is 2.95 bits per heavy atom. The summed E-state index contributed by atoms with van der Waals surface area (Å²) < 4.78 is 10.6. The van der Waals surface area contributed by atoms with Crippen LogP contribution in [0.4, 0.5) is 0 Å². The van der Waals surface area contributed by atoms with Crippen molar-refractivity contribution in [3.05, 3.63) is 53.9 Å². The first-order chi connectivity index (χ1) is 10.7. The molecule has 0 spiro atoms. The SMILES string of the molecule is CC(NC(=O)CCc1ccc2c(c1)OCO2)c1ccccn1. The van der Waals surface area contributed by atoms with Crippen LogP contribution >= 0.6 is 0 Å². The van der Waals surface area contributed by atoms with Crippen molar-refractivity contribution in [2.24, 2.45) is 0 Å². The van der Waals surface area contributed by atoms with Crippen LogP contribution in [0.15, 0.2) is 42.6 Å². The normalized spacial score (nSPS) is 13.7. The fourth-order valence-electron chi connectivity index (χ4n) is 2.37. The molecule has 1 amide bonds. The Labute approximate surface area is 129 Å². The Kier molecular flexibility index (Phi) is 4.23. The van der Waals surface area contributed by atoms with Crippen LogP contribution in [-0.4, -0.2) is 17.7 Å². The lowest BCUT2D eigenvalue weighted by atomic mass is 10.1. The lowest BCUT2D eigenvalue weighted by molar-refractivity contribution is -0.121. The van der Waals surface area contributed by atoms with E-state index in [0.29, 0.717) is 12.8 Å². The Hall–Kier alpha value is -2.56. The zero-order valence-electron chi connectivity index (χ0n) is 12.4. The van der Waals surface area contributed by atoms with Gasteiger partial charge in [0.15, 0.2) is 11.5 Å². The maximum Gasteiger partial charge on any atom is 0.231 e. The van der Waals surface area contributed by atoms with Crippen molar-refractivity contribution in [1.82, 2.24) is 10.3 Å². The summed E-state index contributed by atoms with van der Waals surface area (Å²) in [6, 6.07) is 11.4. The molecule has 1 aromatic heterocycles. The summed E-state index contributed by atoms with van der Waals surface area (Å²) in [4.78, 5) is 16.3. The van der Waals surface area contributed by atoms with E-state index in [1.165, 1.54) is 0 Å². The number of benzene rings is 1. The number of hydrogen-bond donors (Lipinski definition) is 1. The third-order valence-electron chi connectivity index (χ3n) is 3.59. The first-order valence-electron chi connectivity index (χ1n) is 7.31. The summed E-state index contributed by atoms with van der Waals surface area (Å²) in [5.41, 5.74) is 1.92. The Morgan fingerprint density at radius 2 is 2.14 bits per heavy atom. The lowest BCUT2D eigenvalue weighted by Crippen LogP contribution is -2.27. The minimum absolute atomic E-state index is 0.0100. The van der Waals surface area contributed by atoms with Crippen LogP contribution in [0, 0.1) is 0 Å². The number of ether oxygens (including phenoxy) is 2. The molecule has 3 rings (SSSR count). The number of amides is 1. The number of aryl methyl sites for hydroxylation is 1. The minimum atomic E-state index is -0.0922. The molecule has 1 unspecified atom stereocenters. The molecule has 0 bridgehead atoms. The van der Waals surface area contributed by atoms with Crippen LogP contribution in [0.3, 0.4) is 0 Å². The zero-order chi connectivity index (χ0) is 15.4. The van der Waals surface area contributed by atoms with Crippen molar-refractivity contribution in [3.63, 3.8) is 0 Å². The standard InChI is InChI=1S/C17H18N2O3/c1-12(14-4-2-3-9-18-14)19-17(20)8-6-13-5-7-15-16(10-13)22-11-21-15/h2-5,7,9-10,12H,6,8,11H2,1H3,(H,19,20). The van der Waals surface area contributed by atoms with E-state index in [-0.39, 0.29) is 18.7 Å². The second-order valence-electron chi connectivity index (χ2n) is 5.23. The first kappa shape index (κ1) is 14.4. The van der Waals surface area contributed by atoms with E-state index in [0.717, 1.165) is 22.8 Å². The van der Waals surface area contributed by atoms with Crippen LogP contribution < -0.4 is 14.8 Å². The number of rotatable bonds is 5. The zero-order valence-corrected chi connectivity index (χ0v) is 12.4. The number of nitrogens with one attached hydrogen (secondary N) is 1. The maximum atomic E-state index is 12.0. The molecule has 0 radical (unpaired) electrons. The fraction of sp³-hybridized carbons (Fsp3) is 0.294. The van der Waals surface area contributed by atoms with Gasteiger partial charge in [0.1, 0.15) is 0 Å². The molecule has 2 heterocycles. The molecule has 0 saturated carbocycles. The van der Waals surface area contributed by atoms with Crippen molar-refractivity contribution in [3.8, 4) is 11.5 Å². The van der Waals surface area contributed by atoms with E-state index < -0.39 is 0 Å². The molecule has 1 aromatic carbocycles. The number of nitrogens with zero attached hydrogens (tertiary/aromatic N) is 1. The highest BCUT2D eigenvalue weighted by Gasteiger charge is 2.14. The van der Waals surface area contributed by atoms with Gasteiger partial charge in [0.2, 0.25) is 12.7 Å². The van der Waals surface area contributed by atoms with Gasteiger partial charge in [0, 0.05) is 12.6 Å². The minimum Gasteiger partial charge on any atom is -0.454 e. The molecule has 0 fully saturated rings. The number of hydrogen-bond acceptors (Lipinski definition) is 4. The van der Waals surface area contributed by atoms with Crippen molar-refractivity contribution >= 4 is 5.91 Å². The highest BCUT2D eigenvalue weighted by molar-refractivity contribution is 5.76. The molecule has 1 aliphatic rings. The van der Waals surface area contributed by atoms with Gasteiger partial charge in [-0.1, -0.05) is 12.1 Å². The molecule has 5 nitrogen and oxygen atoms in total. The van der Waals surface area contributed by atoms with Crippen LogP contribution in [0.25, 0.3) is 0 Å². The van der Waals surface area contributed by atoms with Crippen molar-refractivity contribution < 1.29 is 14.3 Å². The lowest BCUT2D eigenvalue weighted by Gasteiger charge is -2.13. The molecule has 114 valence electrons. The quantitative estimate of drug-likeness (QED) is 0.922. The number of aromatic nitrogens is 1. The van der Waals surface area contributed by atoms with Crippen molar-refractivity contribution in [1.29, 1.82) is 0 Å². The molecule has 0 aliphatic carbocycles. The van der Waals surface area contributed by atoms with E-state index >= 15 is 0 Å². The Balaban J connectivity index is 1.52. The highest BCUT2D eigenvalue weighted by atomic mass is 16.7. The van der Waals surface area contributed by atoms with Crippen LogP contribution in [-0.2, 0) is 11.2 Å². The Bertz CT molecular complexity index is 658. The molecular weight excluding hydrogens is 280 g/mol. The van der Waals surface area contributed by atoms with Gasteiger partial charge in [0.05, 0.1) is 11.7 Å². The smallest absolute Gasteiger partial charge is 0.231 e. The monoisotopic (exact) mass is 298 g/mol. The van der Waals surface area contributed by atoms with Crippen LogP contribution in [0.1, 0.15) is 30.6 Å². The molecule has 2 aromatic rings. The summed E-state index contributed by atoms with van der Waals surface area (Å²) >= 11 is 0.